The Morgan fingerprint density at radius 2 is 1.78 bits per heavy atom. The molecule has 18 heavy (non-hydrogen) atoms. The van der Waals surface area contributed by atoms with Crippen LogP contribution in [-0.4, -0.2) is 30.4 Å². The standard InChI is InChI=1S/C15H24N2O/c1-4-17(5-2)15(18)14(12(3)11-16)13-9-7-6-8-10-13/h6-10,12,14H,4-5,11,16H2,1-3H3/t12-,14?/m0/s1. The van der Waals surface area contributed by atoms with Crippen LogP contribution in [0.3, 0.4) is 0 Å². The summed E-state index contributed by atoms with van der Waals surface area (Å²) in [6, 6.07) is 9.94. The van der Waals surface area contributed by atoms with Crippen LogP contribution in [0.2, 0.25) is 0 Å². The van der Waals surface area contributed by atoms with Gasteiger partial charge in [0.25, 0.3) is 0 Å². The largest absolute Gasteiger partial charge is 0.343 e. The van der Waals surface area contributed by atoms with Crippen LogP contribution >= 0.6 is 0 Å². The smallest absolute Gasteiger partial charge is 0.230 e. The lowest BCUT2D eigenvalue weighted by Gasteiger charge is -2.28. The molecule has 0 saturated heterocycles. The predicted octanol–water partition coefficient (Wildman–Crippen LogP) is 2.23. The summed E-state index contributed by atoms with van der Waals surface area (Å²) in [5, 5.41) is 0. The molecule has 0 aliphatic carbocycles. The number of hydrogen-bond donors (Lipinski definition) is 1. The summed E-state index contributed by atoms with van der Waals surface area (Å²) in [6.07, 6.45) is 0. The van der Waals surface area contributed by atoms with Gasteiger partial charge in [-0.1, -0.05) is 37.3 Å². The van der Waals surface area contributed by atoms with Crippen LogP contribution in [0.5, 0.6) is 0 Å². The van der Waals surface area contributed by atoms with E-state index >= 15 is 0 Å². The van der Waals surface area contributed by atoms with Crippen LogP contribution in [0.4, 0.5) is 0 Å². The van der Waals surface area contributed by atoms with Gasteiger partial charge in [-0.25, -0.2) is 0 Å². The Morgan fingerprint density at radius 1 is 1.22 bits per heavy atom. The summed E-state index contributed by atoms with van der Waals surface area (Å²) in [7, 11) is 0. The van der Waals surface area contributed by atoms with Gasteiger partial charge in [0.15, 0.2) is 0 Å². The Kier molecular flexibility index (Phi) is 5.86. The highest BCUT2D eigenvalue weighted by Crippen LogP contribution is 2.26. The highest BCUT2D eigenvalue weighted by molar-refractivity contribution is 5.84. The molecule has 0 saturated carbocycles. The van der Waals surface area contributed by atoms with Crippen molar-refractivity contribution in [3.8, 4) is 0 Å². The molecule has 3 heteroatoms. The van der Waals surface area contributed by atoms with E-state index in [0.717, 1.165) is 18.7 Å². The third-order valence-electron chi connectivity index (χ3n) is 3.44. The van der Waals surface area contributed by atoms with Crippen molar-refractivity contribution >= 4 is 5.91 Å². The summed E-state index contributed by atoms with van der Waals surface area (Å²) in [5.74, 6) is 0.209. The quantitative estimate of drug-likeness (QED) is 0.839. The Bertz CT molecular complexity index is 360. The van der Waals surface area contributed by atoms with E-state index in [1.807, 2.05) is 56.0 Å². The molecule has 0 fully saturated rings. The zero-order valence-corrected chi connectivity index (χ0v) is 11.6. The third kappa shape index (κ3) is 3.33. The number of rotatable bonds is 6. The summed E-state index contributed by atoms with van der Waals surface area (Å²) in [6.45, 7) is 8.07. The van der Waals surface area contributed by atoms with E-state index in [0.29, 0.717) is 6.54 Å². The molecule has 3 nitrogen and oxygen atoms in total. The second-order valence-corrected chi connectivity index (χ2v) is 4.61. The highest BCUT2D eigenvalue weighted by atomic mass is 16.2. The van der Waals surface area contributed by atoms with Gasteiger partial charge >= 0.3 is 0 Å². The van der Waals surface area contributed by atoms with Crippen molar-refractivity contribution in [2.45, 2.75) is 26.7 Å². The van der Waals surface area contributed by atoms with Crippen molar-refractivity contribution in [1.29, 1.82) is 0 Å². The van der Waals surface area contributed by atoms with E-state index < -0.39 is 0 Å². The summed E-state index contributed by atoms with van der Waals surface area (Å²) in [5.41, 5.74) is 6.82. The van der Waals surface area contributed by atoms with E-state index in [9.17, 15) is 4.79 Å². The average molecular weight is 248 g/mol. The van der Waals surface area contributed by atoms with Gasteiger partial charge in [-0.05, 0) is 31.9 Å². The minimum atomic E-state index is -0.129. The lowest BCUT2D eigenvalue weighted by molar-refractivity contribution is -0.133. The predicted molar refractivity (Wildman–Crippen MR) is 75.3 cm³/mol. The van der Waals surface area contributed by atoms with Gasteiger partial charge in [0.2, 0.25) is 5.91 Å². The first kappa shape index (κ1) is 14.7. The lowest BCUT2D eigenvalue weighted by Crippen LogP contribution is -2.38. The number of carbonyl (C=O) groups is 1. The highest BCUT2D eigenvalue weighted by Gasteiger charge is 2.28. The van der Waals surface area contributed by atoms with E-state index in [1.54, 1.807) is 0 Å². The molecule has 1 aromatic carbocycles. The van der Waals surface area contributed by atoms with Gasteiger partial charge in [-0.15, -0.1) is 0 Å². The molecule has 1 amide bonds. The molecule has 100 valence electrons. The first-order valence-corrected chi connectivity index (χ1v) is 6.69. The molecule has 0 spiro atoms. The summed E-state index contributed by atoms with van der Waals surface area (Å²) < 4.78 is 0. The number of nitrogens with two attached hydrogens (primary N) is 1. The van der Waals surface area contributed by atoms with Gasteiger partial charge in [-0.3, -0.25) is 4.79 Å². The second kappa shape index (κ2) is 7.17. The van der Waals surface area contributed by atoms with Gasteiger partial charge in [0.1, 0.15) is 0 Å². The Hall–Kier alpha value is -1.35. The van der Waals surface area contributed by atoms with Crippen molar-refractivity contribution in [3.05, 3.63) is 35.9 Å². The fourth-order valence-corrected chi connectivity index (χ4v) is 2.24. The monoisotopic (exact) mass is 248 g/mol. The molecule has 1 aromatic rings. The molecule has 2 N–H and O–H groups in total. The van der Waals surface area contributed by atoms with Crippen LogP contribution in [0.15, 0.2) is 30.3 Å². The minimum absolute atomic E-state index is 0.129. The molecule has 0 heterocycles. The van der Waals surface area contributed by atoms with Gasteiger partial charge in [-0.2, -0.15) is 0 Å². The van der Waals surface area contributed by atoms with Crippen molar-refractivity contribution in [1.82, 2.24) is 4.90 Å². The molecule has 0 radical (unpaired) electrons. The first-order chi connectivity index (χ1) is 8.65. The minimum Gasteiger partial charge on any atom is -0.343 e. The van der Waals surface area contributed by atoms with Crippen molar-refractivity contribution in [3.63, 3.8) is 0 Å². The zero-order chi connectivity index (χ0) is 13.5. The summed E-state index contributed by atoms with van der Waals surface area (Å²) in [4.78, 5) is 14.5. The number of hydrogen-bond acceptors (Lipinski definition) is 2. The number of likely N-dealkylation sites (N-methyl/N-ethyl adjacent to an activating group) is 1. The van der Waals surface area contributed by atoms with E-state index in [4.69, 9.17) is 5.73 Å². The zero-order valence-electron chi connectivity index (χ0n) is 11.6. The number of carbonyl (C=O) groups excluding carboxylic acids is 1. The molecular formula is C15H24N2O. The van der Waals surface area contributed by atoms with Crippen LogP contribution in [0.1, 0.15) is 32.3 Å². The number of amides is 1. The topological polar surface area (TPSA) is 46.3 Å². The number of nitrogens with zero attached hydrogens (tertiary/aromatic N) is 1. The average Bonchev–Trinajstić information content (AvgIpc) is 2.41. The van der Waals surface area contributed by atoms with Crippen LogP contribution in [-0.2, 0) is 4.79 Å². The second-order valence-electron chi connectivity index (χ2n) is 4.61. The molecule has 0 aliphatic rings. The van der Waals surface area contributed by atoms with Crippen LogP contribution in [0, 0.1) is 5.92 Å². The van der Waals surface area contributed by atoms with Gasteiger partial charge < -0.3 is 10.6 Å². The molecule has 1 rings (SSSR count). The van der Waals surface area contributed by atoms with Crippen molar-refractivity contribution < 1.29 is 4.79 Å². The van der Waals surface area contributed by atoms with Crippen molar-refractivity contribution in [2.75, 3.05) is 19.6 Å². The Morgan fingerprint density at radius 3 is 2.22 bits per heavy atom. The van der Waals surface area contributed by atoms with E-state index in [1.165, 1.54) is 0 Å². The van der Waals surface area contributed by atoms with E-state index in [-0.39, 0.29) is 17.7 Å². The first-order valence-electron chi connectivity index (χ1n) is 6.69. The summed E-state index contributed by atoms with van der Waals surface area (Å²) >= 11 is 0. The number of benzene rings is 1. The Balaban J connectivity index is 3.03. The maximum Gasteiger partial charge on any atom is 0.230 e. The SMILES string of the molecule is CCN(CC)C(=O)C(c1ccccc1)[C@@H](C)CN. The fourth-order valence-electron chi connectivity index (χ4n) is 2.24. The van der Waals surface area contributed by atoms with E-state index in [2.05, 4.69) is 0 Å². The molecular weight excluding hydrogens is 224 g/mol. The molecule has 1 unspecified atom stereocenters. The normalized spacial score (nSPS) is 14.0. The van der Waals surface area contributed by atoms with Crippen molar-refractivity contribution in [2.24, 2.45) is 11.7 Å². The Labute approximate surface area is 110 Å². The van der Waals surface area contributed by atoms with Crippen LogP contribution in [0.25, 0.3) is 0 Å². The molecule has 0 aliphatic heterocycles. The molecule has 2 atom stereocenters. The molecule has 0 bridgehead atoms. The maximum absolute atomic E-state index is 12.6. The molecule has 0 aromatic heterocycles. The maximum atomic E-state index is 12.6. The van der Waals surface area contributed by atoms with Gasteiger partial charge in [0, 0.05) is 13.1 Å². The lowest BCUT2D eigenvalue weighted by atomic mass is 9.86. The van der Waals surface area contributed by atoms with Crippen LogP contribution < -0.4 is 5.73 Å². The third-order valence-corrected chi connectivity index (χ3v) is 3.44. The van der Waals surface area contributed by atoms with Gasteiger partial charge in [0.05, 0.1) is 5.92 Å². The fraction of sp³-hybridized carbons (Fsp3) is 0.533.